The van der Waals surface area contributed by atoms with E-state index in [1.807, 2.05) is 6.07 Å². The molecule has 1 aromatic carbocycles. The van der Waals surface area contributed by atoms with Crippen molar-refractivity contribution >= 4 is 11.6 Å². The SMILES string of the molecule is CC(C)(C)c1cc(CCl)cc(OCc2ccccc2F)n1. The van der Waals surface area contributed by atoms with Crippen LogP contribution in [0.3, 0.4) is 0 Å². The monoisotopic (exact) mass is 307 g/mol. The normalized spacial score (nSPS) is 11.5. The van der Waals surface area contributed by atoms with Crippen LogP contribution in [0.25, 0.3) is 0 Å². The van der Waals surface area contributed by atoms with Crippen LogP contribution in [0.5, 0.6) is 5.88 Å². The highest BCUT2D eigenvalue weighted by molar-refractivity contribution is 6.17. The second kappa shape index (κ2) is 6.44. The second-order valence-corrected chi connectivity index (χ2v) is 6.23. The summed E-state index contributed by atoms with van der Waals surface area (Å²) in [4.78, 5) is 4.49. The van der Waals surface area contributed by atoms with E-state index in [4.69, 9.17) is 16.3 Å². The zero-order chi connectivity index (χ0) is 15.5. The summed E-state index contributed by atoms with van der Waals surface area (Å²) in [6.07, 6.45) is 0. The summed E-state index contributed by atoms with van der Waals surface area (Å²) in [5, 5.41) is 0. The van der Waals surface area contributed by atoms with E-state index in [1.54, 1.807) is 24.3 Å². The van der Waals surface area contributed by atoms with Crippen molar-refractivity contribution in [2.45, 2.75) is 38.7 Å². The average Bonchev–Trinajstić information content (AvgIpc) is 2.45. The van der Waals surface area contributed by atoms with Gasteiger partial charge in [0, 0.05) is 22.9 Å². The van der Waals surface area contributed by atoms with Crippen LogP contribution in [0.15, 0.2) is 36.4 Å². The van der Waals surface area contributed by atoms with Gasteiger partial charge in [0.2, 0.25) is 5.88 Å². The Balaban J connectivity index is 2.22. The number of hydrogen-bond donors (Lipinski definition) is 0. The molecule has 2 rings (SSSR count). The third-order valence-electron chi connectivity index (χ3n) is 3.12. The van der Waals surface area contributed by atoms with Gasteiger partial charge in [-0.1, -0.05) is 39.0 Å². The van der Waals surface area contributed by atoms with Gasteiger partial charge in [0.1, 0.15) is 12.4 Å². The van der Waals surface area contributed by atoms with Crippen molar-refractivity contribution in [1.29, 1.82) is 0 Å². The predicted molar refractivity (Wildman–Crippen MR) is 83.2 cm³/mol. The quantitative estimate of drug-likeness (QED) is 0.754. The Morgan fingerprint density at radius 2 is 1.90 bits per heavy atom. The van der Waals surface area contributed by atoms with E-state index in [9.17, 15) is 4.39 Å². The van der Waals surface area contributed by atoms with Crippen molar-refractivity contribution in [1.82, 2.24) is 4.98 Å². The van der Waals surface area contributed by atoms with Crippen molar-refractivity contribution in [3.05, 3.63) is 59.0 Å². The zero-order valence-electron chi connectivity index (χ0n) is 12.5. The van der Waals surface area contributed by atoms with E-state index in [0.717, 1.165) is 11.3 Å². The van der Waals surface area contributed by atoms with Crippen molar-refractivity contribution < 1.29 is 9.13 Å². The molecular weight excluding hydrogens is 289 g/mol. The third kappa shape index (κ3) is 4.18. The van der Waals surface area contributed by atoms with Gasteiger partial charge >= 0.3 is 0 Å². The predicted octanol–water partition coefficient (Wildman–Crippen LogP) is 4.84. The largest absolute Gasteiger partial charge is 0.473 e. The molecule has 0 saturated heterocycles. The molecule has 0 unspecified atom stereocenters. The summed E-state index contributed by atoms with van der Waals surface area (Å²) in [6, 6.07) is 10.3. The molecule has 1 heterocycles. The van der Waals surface area contributed by atoms with Crippen LogP contribution >= 0.6 is 11.6 Å². The summed E-state index contributed by atoms with van der Waals surface area (Å²) < 4.78 is 19.2. The number of hydrogen-bond acceptors (Lipinski definition) is 2. The first-order valence-corrected chi connectivity index (χ1v) is 7.37. The molecule has 2 nitrogen and oxygen atoms in total. The number of pyridine rings is 1. The lowest BCUT2D eigenvalue weighted by molar-refractivity contribution is 0.285. The maximum Gasteiger partial charge on any atom is 0.214 e. The maximum absolute atomic E-state index is 13.6. The van der Waals surface area contributed by atoms with Gasteiger partial charge in [0.15, 0.2) is 0 Å². The first-order valence-electron chi connectivity index (χ1n) is 6.84. The third-order valence-corrected chi connectivity index (χ3v) is 3.43. The lowest BCUT2D eigenvalue weighted by Gasteiger charge is -2.19. The summed E-state index contributed by atoms with van der Waals surface area (Å²) in [5.74, 6) is 0.588. The summed E-state index contributed by atoms with van der Waals surface area (Å²) in [6.45, 7) is 6.38. The van der Waals surface area contributed by atoms with E-state index in [0.29, 0.717) is 17.3 Å². The second-order valence-electron chi connectivity index (χ2n) is 5.96. The lowest BCUT2D eigenvalue weighted by atomic mass is 9.91. The van der Waals surface area contributed by atoms with Gasteiger partial charge in [0.05, 0.1) is 5.69 Å². The summed E-state index contributed by atoms with van der Waals surface area (Å²) in [5.41, 5.74) is 2.26. The molecular formula is C17H19ClFNO. The van der Waals surface area contributed by atoms with Crippen LogP contribution in [-0.2, 0) is 17.9 Å². The minimum absolute atomic E-state index is 0.0990. The molecule has 0 bridgehead atoms. The Kier molecular flexibility index (Phi) is 4.84. The van der Waals surface area contributed by atoms with Crippen molar-refractivity contribution in [2.75, 3.05) is 0 Å². The molecule has 0 radical (unpaired) electrons. The molecule has 0 aliphatic carbocycles. The number of benzene rings is 1. The zero-order valence-corrected chi connectivity index (χ0v) is 13.2. The molecule has 0 aliphatic heterocycles. The molecule has 1 aromatic heterocycles. The van der Waals surface area contributed by atoms with E-state index in [1.165, 1.54) is 6.07 Å². The van der Waals surface area contributed by atoms with Crippen molar-refractivity contribution in [2.24, 2.45) is 0 Å². The number of rotatable bonds is 4. The Morgan fingerprint density at radius 1 is 1.19 bits per heavy atom. The van der Waals surface area contributed by atoms with Crippen LogP contribution in [0.1, 0.15) is 37.6 Å². The fraction of sp³-hybridized carbons (Fsp3) is 0.353. The van der Waals surface area contributed by atoms with E-state index in [-0.39, 0.29) is 17.8 Å². The Labute approximate surface area is 129 Å². The smallest absolute Gasteiger partial charge is 0.214 e. The molecule has 4 heteroatoms. The molecule has 0 fully saturated rings. The van der Waals surface area contributed by atoms with Gasteiger partial charge in [0.25, 0.3) is 0 Å². The number of aromatic nitrogens is 1. The Morgan fingerprint density at radius 3 is 2.52 bits per heavy atom. The van der Waals surface area contributed by atoms with Gasteiger partial charge in [-0.15, -0.1) is 11.6 Å². The van der Waals surface area contributed by atoms with Gasteiger partial charge in [-0.05, 0) is 17.7 Å². The first-order chi connectivity index (χ1) is 9.90. The Bertz CT molecular complexity index is 622. The van der Waals surface area contributed by atoms with Crippen LogP contribution in [-0.4, -0.2) is 4.98 Å². The standard InChI is InChI=1S/C17H19ClFNO/c1-17(2,3)15-8-12(10-18)9-16(20-15)21-11-13-6-4-5-7-14(13)19/h4-9H,10-11H2,1-3H3. The van der Waals surface area contributed by atoms with Crippen LogP contribution in [0, 0.1) is 5.82 Å². The van der Waals surface area contributed by atoms with Crippen LogP contribution in [0.2, 0.25) is 0 Å². The molecule has 0 amide bonds. The lowest BCUT2D eigenvalue weighted by Crippen LogP contribution is -2.14. The molecule has 0 atom stereocenters. The van der Waals surface area contributed by atoms with Gasteiger partial charge < -0.3 is 4.74 Å². The summed E-state index contributed by atoms with van der Waals surface area (Å²) >= 11 is 5.92. The van der Waals surface area contributed by atoms with Crippen LogP contribution < -0.4 is 4.74 Å². The van der Waals surface area contributed by atoms with E-state index < -0.39 is 0 Å². The summed E-state index contributed by atoms with van der Waals surface area (Å²) in [7, 11) is 0. The van der Waals surface area contributed by atoms with Crippen molar-refractivity contribution in [3.63, 3.8) is 0 Å². The number of nitrogens with zero attached hydrogens (tertiary/aromatic N) is 1. The molecule has 0 aliphatic rings. The van der Waals surface area contributed by atoms with E-state index >= 15 is 0 Å². The molecule has 21 heavy (non-hydrogen) atoms. The topological polar surface area (TPSA) is 22.1 Å². The number of halogens is 2. The number of ether oxygens (including phenoxy) is 1. The minimum Gasteiger partial charge on any atom is -0.473 e. The van der Waals surface area contributed by atoms with Crippen molar-refractivity contribution in [3.8, 4) is 5.88 Å². The molecule has 0 spiro atoms. The van der Waals surface area contributed by atoms with Gasteiger partial charge in [-0.3, -0.25) is 0 Å². The van der Waals surface area contributed by atoms with E-state index in [2.05, 4.69) is 25.8 Å². The molecule has 0 N–H and O–H groups in total. The fourth-order valence-electron chi connectivity index (χ4n) is 1.86. The molecule has 112 valence electrons. The first kappa shape index (κ1) is 15.8. The number of alkyl halides is 1. The van der Waals surface area contributed by atoms with Crippen LogP contribution in [0.4, 0.5) is 4.39 Å². The maximum atomic E-state index is 13.6. The molecule has 0 saturated carbocycles. The average molecular weight is 308 g/mol. The van der Waals surface area contributed by atoms with Gasteiger partial charge in [-0.2, -0.15) is 0 Å². The highest BCUT2D eigenvalue weighted by atomic mass is 35.5. The van der Waals surface area contributed by atoms with Gasteiger partial charge in [-0.25, -0.2) is 9.37 Å². The minimum atomic E-state index is -0.276. The fourth-order valence-corrected chi connectivity index (χ4v) is 2.02. The molecule has 2 aromatic rings. The highest BCUT2D eigenvalue weighted by Gasteiger charge is 2.17. The highest BCUT2D eigenvalue weighted by Crippen LogP contribution is 2.25. The Hall–Kier alpha value is -1.61.